The number of amides is 1. The summed E-state index contributed by atoms with van der Waals surface area (Å²) >= 11 is 0. The Bertz CT molecular complexity index is 1540. The quantitative estimate of drug-likeness (QED) is 0.320. The minimum atomic E-state index is -0.609. The molecule has 0 aliphatic carbocycles. The molecule has 212 valence electrons. The Morgan fingerprint density at radius 2 is 1.61 bits per heavy atom. The van der Waals surface area contributed by atoms with Crippen LogP contribution in [0.25, 0.3) is 11.3 Å². The number of alkyl carbamates (subject to hydrolysis) is 1. The molecular weight excluding hydrogens is 516 g/mol. The largest absolute Gasteiger partial charge is 0.444 e. The topological polar surface area (TPSA) is 101 Å². The first-order valence-corrected chi connectivity index (χ1v) is 13.8. The van der Waals surface area contributed by atoms with E-state index in [9.17, 15) is 9.59 Å². The predicted molar refractivity (Wildman–Crippen MR) is 161 cm³/mol. The van der Waals surface area contributed by atoms with Gasteiger partial charge >= 0.3 is 6.09 Å². The molecule has 1 aliphatic rings. The third-order valence-corrected chi connectivity index (χ3v) is 6.93. The molecule has 9 nitrogen and oxygen atoms in total. The van der Waals surface area contributed by atoms with Crippen LogP contribution in [-0.2, 0) is 31.3 Å². The Morgan fingerprint density at radius 1 is 0.976 bits per heavy atom. The number of benzene rings is 2. The maximum absolute atomic E-state index is 14.0. The van der Waals surface area contributed by atoms with Gasteiger partial charge in [-0.25, -0.2) is 9.78 Å². The van der Waals surface area contributed by atoms with Crippen molar-refractivity contribution in [1.82, 2.24) is 19.9 Å². The van der Waals surface area contributed by atoms with E-state index in [2.05, 4.69) is 32.7 Å². The molecule has 2 aromatic heterocycles. The van der Waals surface area contributed by atoms with Gasteiger partial charge in [0.15, 0.2) is 0 Å². The number of fused-ring (bicyclic) bond motifs is 1. The molecule has 0 spiro atoms. The summed E-state index contributed by atoms with van der Waals surface area (Å²) in [5, 5.41) is 6.32. The maximum atomic E-state index is 14.0. The second kappa shape index (κ2) is 11.8. The standard InChI is InChI=1S/C32H36N6O3/c1-32(2,3)41-31(40)34-19-26(18-22-10-6-5-7-11-22)35-30-36-27(23-14-16-33-17-15-23)28(29(39)37(30)4)38-20-24-12-8-9-13-25(24)21-38/h5-17,26H,18-21H2,1-4H3,(H,34,40)(H,35,36). The average Bonchev–Trinajstić information content (AvgIpc) is 3.38. The summed E-state index contributed by atoms with van der Waals surface area (Å²) < 4.78 is 7.00. The number of aromatic nitrogens is 3. The molecular formula is C32H36N6O3. The SMILES string of the molecule is Cn1c(NC(CNC(=O)OC(C)(C)C)Cc2ccccc2)nc(-c2ccncc2)c(N2Cc3ccccc3C2)c1=O. The zero-order chi connectivity index (χ0) is 29.0. The lowest BCUT2D eigenvalue weighted by Crippen LogP contribution is -2.42. The van der Waals surface area contributed by atoms with Crippen molar-refractivity contribution in [2.24, 2.45) is 7.05 Å². The van der Waals surface area contributed by atoms with Crippen LogP contribution in [0.4, 0.5) is 16.4 Å². The van der Waals surface area contributed by atoms with E-state index in [0.29, 0.717) is 36.8 Å². The molecule has 1 unspecified atom stereocenters. The van der Waals surface area contributed by atoms with E-state index in [4.69, 9.17) is 9.72 Å². The van der Waals surface area contributed by atoms with Crippen molar-refractivity contribution in [1.29, 1.82) is 0 Å². The molecule has 0 radical (unpaired) electrons. The monoisotopic (exact) mass is 552 g/mol. The van der Waals surface area contributed by atoms with Crippen LogP contribution in [0, 0.1) is 0 Å². The van der Waals surface area contributed by atoms with Gasteiger partial charge in [0.1, 0.15) is 17.0 Å². The predicted octanol–water partition coefficient (Wildman–Crippen LogP) is 4.91. The van der Waals surface area contributed by atoms with E-state index in [-0.39, 0.29) is 18.1 Å². The van der Waals surface area contributed by atoms with Crippen molar-refractivity contribution in [3.8, 4) is 11.3 Å². The summed E-state index contributed by atoms with van der Waals surface area (Å²) in [5.74, 6) is 0.411. The molecule has 0 saturated carbocycles. The molecule has 1 atom stereocenters. The Morgan fingerprint density at radius 3 is 2.24 bits per heavy atom. The van der Waals surface area contributed by atoms with Crippen molar-refractivity contribution in [3.63, 3.8) is 0 Å². The minimum Gasteiger partial charge on any atom is -0.444 e. The highest BCUT2D eigenvalue weighted by Gasteiger charge is 2.27. The van der Waals surface area contributed by atoms with E-state index in [1.54, 1.807) is 24.0 Å². The smallest absolute Gasteiger partial charge is 0.407 e. The van der Waals surface area contributed by atoms with E-state index in [1.807, 2.05) is 75.4 Å². The van der Waals surface area contributed by atoms with Crippen LogP contribution in [0.15, 0.2) is 83.9 Å². The number of rotatable bonds is 8. The lowest BCUT2D eigenvalue weighted by Gasteiger charge is -2.26. The fourth-order valence-electron chi connectivity index (χ4n) is 4.98. The van der Waals surface area contributed by atoms with Crippen LogP contribution in [0.2, 0.25) is 0 Å². The highest BCUT2D eigenvalue weighted by Crippen LogP contribution is 2.33. The number of hydrogen-bond donors (Lipinski definition) is 2. The van der Waals surface area contributed by atoms with E-state index >= 15 is 0 Å². The van der Waals surface area contributed by atoms with Crippen molar-refractivity contribution in [2.75, 3.05) is 16.8 Å². The molecule has 2 aromatic carbocycles. The molecule has 41 heavy (non-hydrogen) atoms. The summed E-state index contributed by atoms with van der Waals surface area (Å²) in [7, 11) is 1.72. The molecule has 0 bridgehead atoms. The van der Waals surface area contributed by atoms with Gasteiger partial charge in [-0.3, -0.25) is 14.3 Å². The first kappa shape index (κ1) is 27.9. The number of carbonyl (C=O) groups excluding carboxylic acids is 1. The van der Waals surface area contributed by atoms with Gasteiger partial charge in [0, 0.05) is 44.6 Å². The van der Waals surface area contributed by atoms with Gasteiger partial charge in [0.25, 0.3) is 5.56 Å². The average molecular weight is 553 g/mol. The Balaban J connectivity index is 1.49. The number of nitrogens with one attached hydrogen (secondary N) is 2. The van der Waals surface area contributed by atoms with Crippen LogP contribution >= 0.6 is 0 Å². The molecule has 4 aromatic rings. The van der Waals surface area contributed by atoms with E-state index < -0.39 is 11.7 Å². The van der Waals surface area contributed by atoms with Gasteiger partial charge in [0.05, 0.1) is 6.04 Å². The molecule has 3 heterocycles. The number of carbonyl (C=O) groups is 1. The first-order valence-electron chi connectivity index (χ1n) is 13.8. The van der Waals surface area contributed by atoms with Crippen LogP contribution in [0.1, 0.15) is 37.5 Å². The van der Waals surface area contributed by atoms with Crippen molar-refractivity contribution in [3.05, 3.63) is 106 Å². The highest BCUT2D eigenvalue weighted by atomic mass is 16.6. The Kier molecular flexibility index (Phi) is 8.05. The first-order chi connectivity index (χ1) is 19.7. The maximum Gasteiger partial charge on any atom is 0.407 e. The summed E-state index contributed by atoms with van der Waals surface area (Å²) in [6.45, 7) is 7.02. The number of hydrogen-bond acceptors (Lipinski definition) is 7. The number of ether oxygens (including phenoxy) is 1. The lowest BCUT2D eigenvalue weighted by atomic mass is 10.1. The van der Waals surface area contributed by atoms with Crippen molar-refractivity contribution < 1.29 is 9.53 Å². The zero-order valence-corrected chi connectivity index (χ0v) is 23.9. The van der Waals surface area contributed by atoms with Crippen LogP contribution in [0.3, 0.4) is 0 Å². The van der Waals surface area contributed by atoms with Gasteiger partial charge in [0.2, 0.25) is 5.95 Å². The second-order valence-electron chi connectivity index (χ2n) is 11.3. The Hall–Kier alpha value is -4.66. The van der Waals surface area contributed by atoms with Crippen molar-refractivity contribution in [2.45, 2.75) is 51.9 Å². The number of pyridine rings is 1. The molecule has 0 fully saturated rings. The van der Waals surface area contributed by atoms with Gasteiger partial charge in [-0.15, -0.1) is 0 Å². The summed E-state index contributed by atoms with van der Waals surface area (Å²) in [4.78, 5) is 37.8. The summed E-state index contributed by atoms with van der Waals surface area (Å²) in [5.41, 5.74) is 4.67. The second-order valence-corrected chi connectivity index (χ2v) is 11.3. The third kappa shape index (κ3) is 6.74. The molecule has 1 aliphatic heterocycles. The number of nitrogens with zero attached hydrogens (tertiary/aromatic N) is 4. The highest BCUT2D eigenvalue weighted by molar-refractivity contribution is 5.76. The molecule has 5 rings (SSSR count). The number of anilines is 2. The molecule has 0 saturated heterocycles. The van der Waals surface area contributed by atoms with Gasteiger partial charge in [-0.05, 0) is 56.0 Å². The fraction of sp³-hybridized carbons (Fsp3) is 0.312. The zero-order valence-electron chi connectivity index (χ0n) is 23.9. The van der Waals surface area contributed by atoms with Crippen LogP contribution < -0.4 is 21.1 Å². The lowest BCUT2D eigenvalue weighted by molar-refractivity contribution is 0.0525. The normalized spacial score (nSPS) is 13.4. The van der Waals surface area contributed by atoms with E-state index in [0.717, 1.165) is 11.1 Å². The fourth-order valence-corrected chi connectivity index (χ4v) is 4.98. The van der Waals surface area contributed by atoms with E-state index in [1.165, 1.54) is 11.1 Å². The minimum absolute atomic E-state index is 0.152. The van der Waals surface area contributed by atoms with Gasteiger partial charge in [-0.1, -0.05) is 54.6 Å². The summed E-state index contributed by atoms with van der Waals surface area (Å²) in [6, 6.07) is 21.7. The molecule has 1 amide bonds. The van der Waals surface area contributed by atoms with Crippen LogP contribution in [-0.4, -0.2) is 38.8 Å². The van der Waals surface area contributed by atoms with Gasteiger partial charge in [-0.2, -0.15) is 0 Å². The summed E-state index contributed by atoms with van der Waals surface area (Å²) in [6.07, 6.45) is 3.50. The molecule has 9 heteroatoms. The van der Waals surface area contributed by atoms with Crippen LogP contribution in [0.5, 0.6) is 0 Å². The van der Waals surface area contributed by atoms with Crippen molar-refractivity contribution >= 4 is 17.7 Å². The molecule has 2 N–H and O–H groups in total. The Labute approximate surface area is 240 Å². The third-order valence-electron chi connectivity index (χ3n) is 6.93. The van der Waals surface area contributed by atoms with Gasteiger partial charge < -0.3 is 20.3 Å².